The molecule has 2 atom stereocenters. The molecule has 0 saturated carbocycles. The van der Waals surface area contributed by atoms with Gasteiger partial charge in [-0.3, -0.25) is 0 Å². The SMILES string of the molecule is CCN1CCC(CNC(C)c2cc(F)c(C)cc2F)C1. The normalized spacial score (nSPS) is 21.4. The highest BCUT2D eigenvalue weighted by molar-refractivity contribution is 5.27. The molecule has 20 heavy (non-hydrogen) atoms. The van der Waals surface area contributed by atoms with Gasteiger partial charge in [-0.25, -0.2) is 8.78 Å². The van der Waals surface area contributed by atoms with Crippen LogP contribution in [0.25, 0.3) is 0 Å². The second kappa shape index (κ2) is 6.64. The van der Waals surface area contributed by atoms with Crippen molar-refractivity contribution in [3.8, 4) is 0 Å². The predicted molar refractivity (Wildman–Crippen MR) is 77.7 cm³/mol. The number of hydrogen-bond acceptors (Lipinski definition) is 2. The van der Waals surface area contributed by atoms with E-state index in [9.17, 15) is 8.78 Å². The Kier molecular flexibility index (Phi) is 5.11. The molecule has 0 bridgehead atoms. The van der Waals surface area contributed by atoms with Gasteiger partial charge in [0.15, 0.2) is 0 Å². The molecule has 0 radical (unpaired) electrons. The third-order valence-corrected chi connectivity index (χ3v) is 4.27. The van der Waals surface area contributed by atoms with Crippen LogP contribution in [-0.4, -0.2) is 31.1 Å². The molecule has 1 aliphatic rings. The molecule has 2 rings (SSSR count). The van der Waals surface area contributed by atoms with Gasteiger partial charge in [0.1, 0.15) is 11.6 Å². The van der Waals surface area contributed by atoms with Crippen molar-refractivity contribution in [1.82, 2.24) is 10.2 Å². The van der Waals surface area contributed by atoms with Gasteiger partial charge in [-0.15, -0.1) is 0 Å². The summed E-state index contributed by atoms with van der Waals surface area (Å²) in [6, 6.07) is 2.42. The zero-order valence-electron chi connectivity index (χ0n) is 12.5. The molecule has 0 aliphatic carbocycles. The minimum Gasteiger partial charge on any atom is -0.310 e. The molecule has 1 fully saturated rings. The molecule has 1 aliphatic heterocycles. The summed E-state index contributed by atoms with van der Waals surface area (Å²) in [6.07, 6.45) is 1.18. The van der Waals surface area contributed by atoms with Gasteiger partial charge in [-0.2, -0.15) is 0 Å². The Bertz CT molecular complexity index is 462. The number of likely N-dealkylation sites (tertiary alicyclic amines) is 1. The van der Waals surface area contributed by atoms with E-state index in [0.717, 1.165) is 26.2 Å². The highest BCUT2D eigenvalue weighted by Crippen LogP contribution is 2.22. The van der Waals surface area contributed by atoms with Crippen molar-refractivity contribution in [2.45, 2.75) is 33.2 Å². The van der Waals surface area contributed by atoms with Crippen molar-refractivity contribution in [1.29, 1.82) is 0 Å². The van der Waals surface area contributed by atoms with Crippen molar-refractivity contribution in [2.75, 3.05) is 26.2 Å². The number of rotatable bonds is 5. The van der Waals surface area contributed by atoms with E-state index in [1.54, 1.807) is 6.92 Å². The van der Waals surface area contributed by atoms with Crippen molar-refractivity contribution in [3.05, 3.63) is 34.9 Å². The van der Waals surface area contributed by atoms with Crippen molar-refractivity contribution in [3.63, 3.8) is 0 Å². The smallest absolute Gasteiger partial charge is 0.128 e. The fourth-order valence-corrected chi connectivity index (χ4v) is 2.81. The van der Waals surface area contributed by atoms with Crippen molar-refractivity contribution >= 4 is 0 Å². The first kappa shape index (κ1) is 15.4. The van der Waals surface area contributed by atoms with Crippen molar-refractivity contribution < 1.29 is 8.78 Å². The van der Waals surface area contributed by atoms with Gasteiger partial charge in [0.05, 0.1) is 0 Å². The van der Waals surface area contributed by atoms with Crippen LogP contribution in [0.2, 0.25) is 0 Å². The highest BCUT2D eigenvalue weighted by Gasteiger charge is 2.22. The molecular formula is C16H24F2N2. The van der Waals surface area contributed by atoms with Crippen LogP contribution in [-0.2, 0) is 0 Å². The lowest BCUT2D eigenvalue weighted by Gasteiger charge is -2.19. The summed E-state index contributed by atoms with van der Waals surface area (Å²) in [5.74, 6) is -0.0608. The quantitative estimate of drug-likeness (QED) is 0.891. The minimum atomic E-state index is -0.340. The summed E-state index contributed by atoms with van der Waals surface area (Å²) < 4.78 is 27.4. The Morgan fingerprint density at radius 1 is 1.35 bits per heavy atom. The zero-order valence-corrected chi connectivity index (χ0v) is 12.5. The summed E-state index contributed by atoms with van der Waals surface area (Å²) in [6.45, 7) is 9.82. The number of nitrogens with zero attached hydrogens (tertiary/aromatic N) is 1. The second-order valence-electron chi connectivity index (χ2n) is 5.80. The molecule has 2 nitrogen and oxygen atoms in total. The lowest BCUT2D eigenvalue weighted by atomic mass is 10.0. The molecule has 1 heterocycles. The zero-order chi connectivity index (χ0) is 14.7. The lowest BCUT2D eigenvalue weighted by Crippen LogP contribution is -2.28. The topological polar surface area (TPSA) is 15.3 Å². The fourth-order valence-electron chi connectivity index (χ4n) is 2.81. The van der Waals surface area contributed by atoms with Gasteiger partial charge in [0.2, 0.25) is 0 Å². The molecule has 0 spiro atoms. The summed E-state index contributed by atoms with van der Waals surface area (Å²) in [5.41, 5.74) is 0.770. The number of benzene rings is 1. The van der Waals surface area contributed by atoms with Gasteiger partial charge in [0.25, 0.3) is 0 Å². The molecule has 1 aromatic carbocycles. The monoisotopic (exact) mass is 282 g/mol. The maximum absolute atomic E-state index is 13.9. The van der Waals surface area contributed by atoms with E-state index in [2.05, 4.69) is 17.1 Å². The average molecular weight is 282 g/mol. The van der Waals surface area contributed by atoms with E-state index in [4.69, 9.17) is 0 Å². The van der Waals surface area contributed by atoms with E-state index in [0.29, 0.717) is 17.0 Å². The Morgan fingerprint density at radius 3 is 2.75 bits per heavy atom. The summed E-state index contributed by atoms with van der Waals surface area (Å²) >= 11 is 0. The van der Waals surface area contributed by atoms with Crippen LogP contribution < -0.4 is 5.32 Å². The van der Waals surface area contributed by atoms with E-state index in [1.807, 2.05) is 6.92 Å². The molecule has 0 amide bonds. The first-order chi connectivity index (χ1) is 9.51. The highest BCUT2D eigenvalue weighted by atomic mass is 19.1. The van der Waals surface area contributed by atoms with Crippen LogP contribution >= 0.6 is 0 Å². The molecule has 1 aromatic rings. The second-order valence-corrected chi connectivity index (χ2v) is 5.80. The number of nitrogens with one attached hydrogen (secondary N) is 1. The molecule has 4 heteroatoms. The van der Waals surface area contributed by atoms with Gasteiger partial charge in [-0.1, -0.05) is 6.92 Å². The first-order valence-electron chi connectivity index (χ1n) is 7.42. The van der Waals surface area contributed by atoms with Gasteiger partial charge in [-0.05, 0) is 63.5 Å². The van der Waals surface area contributed by atoms with E-state index in [-0.39, 0.29) is 17.7 Å². The number of hydrogen-bond donors (Lipinski definition) is 1. The molecule has 0 aromatic heterocycles. The Balaban J connectivity index is 1.92. The van der Waals surface area contributed by atoms with E-state index < -0.39 is 0 Å². The maximum Gasteiger partial charge on any atom is 0.128 e. The third kappa shape index (κ3) is 3.55. The Morgan fingerprint density at radius 2 is 2.10 bits per heavy atom. The van der Waals surface area contributed by atoms with E-state index >= 15 is 0 Å². The van der Waals surface area contributed by atoms with Crippen molar-refractivity contribution in [2.24, 2.45) is 5.92 Å². The molecule has 1 N–H and O–H groups in total. The standard InChI is InChI=1S/C16H24F2N2/c1-4-20-6-5-13(10-20)9-19-12(3)14-8-15(17)11(2)7-16(14)18/h7-8,12-13,19H,4-6,9-10H2,1-3H3. The van der Waals surface area contributed by atoms with E-state index in [1.165, 1.54) is 18.6 Å². The third-order valence-electron chi connectivity index (χ3n) is 4.27. The molecule has 112 valence electrons. The Hall–Kier alpha value is -1.00. The summed E-state index contributed by atoms with van der Waals surface area (Å²) in [4.78, 5) is 2.42. The van der Waals surface area contributed by atoms with Crippen LogP contribution in [0.5, 0.6) is 0 Å². The summed E-state index contributed by atoms with van der Waals surface area (Å²) in [5, 5.41) is 3.34. The molecular weight excluding hydrogens is 258 g/mol. The van der Waals surface area contributed by atoms with Crippen LogP contribution in [0.3, 0.4) is 0 Å². The lowest BCUT2D eigenvalue weighted by molar-refractivity contribution is 0.335. The fraction of sp³-hybridized carbons (Fsp3) is 0.625. The van der Waals surface area contributed by atoms with Crippen LogP contribution in [0.4, 0.5) is 8.78 Å². The number of aryl methyl sites for hydroxylation is 1. The molecule has 1 saturated heterocycles. The maximum atomic E-state index is 13.9. The van der Waals surface area contributed by atoms with Gasteiger partial charge in [0, 0.05) is 18.2 Å². The average Bonchev–Trinajstić information content (AvgIpc) is 2.88. The Labute approximate surface area is 120 Å². The molecule has 2 unspecified atom stereocenters. The number of halogens is 2. The first-order valence-corrected chi connectivity index (χ1v) is 7.42. The van der Waals surface area contributed by atoms with Crippen LogP contribution in [0.15, 0.2) is 12.1 Å². The predicted octanol–water partition coefficient (Wildman–Crippen LogP) is 3.27. The van der Waals surface area contributed by atoms with Crippen LogP contribution in [0, 0.1) is 24.5 Å². The summed E-state index contributed by atoms with van der Waals surface area (Å²) in [7, 11) is 0. The largest absolute Gasteiger partial charge is 0.310 e. The van der Waals surface area contributed by atoms with Gasteiger partial charge >= 0.3 is 0 Å². The van der Waals surface area contributed by atoms with Gasteiger partial charge < -0.3 is 10.2 Å². The van der Waals surface area contributed by atoms with Crippen LogP contribution in [0.1, 0.15) is 37.4 Å². The minimum absolute atomic E-state index is 0.166.